The van der Waals surface area contributed by atoms with Crippen LogP contribution in [0.3, 0.4) is 0 Å². The van der Waals surface area contributed by atoms with Crippen molar-refractivity contribution in [1.82, 2.24) is 15.1 Å². The van der Waals surface area contributed by atoms with Gasteiger partial charge in [-0.15, -0.1) is 0 Å². The molecular weight excluding hydrogens is 282 g/mol. The molecule has 0 spiro atoms. The fraction of sp³-hybridized carbons (Fsp3) is 1.00. The first-order chi connectivity index (χ1) is 9.29. The molecule has 0 aromatic heterocycles. The van der Waals surface area contributed by atoms with Crippen molar-refractivity contribution in [3.05, 3.63) is 0 Å². The molecule has 120 valence electrons. The second kappa shape index (κ2) is 8.26. The van der Waals surface area contributed by atoms with E-state index < -0.39 is 10.1 Å². The molecule has 0 amide bonds. The van der Waals surface area contributed by atoms with Crippen LogP contribution in [0.25, 0.3) is 0 Å². The summed E-state index contributed by atoms with van der Waals surface area (Å²) in [5.41, 5.74) is 0. The van der Waals surface area contributed by atoms with Crippen molar-refractivity contribution in [2.24, 2.45) is 0 Å². The first kappa shape index (κ1) is 17.8. The molecule has 2 aliphatic rings. The Morgan fingerprint density at radius 1 is 1.30 bits per heavy atom. The lowest BCUT2D eigenvalue weighted by molar-refractivity contribution is -0.00414. The first-order valence-corrected chi connectivity index (χ1v) is 8.79. The summed E-state index contributed by atoms with van der Waals surface area (Å²) in [5, 5.41) is 3.49. The summed E-state index contributed by atoms with van der Waals surface area (Å²) >= 11 is 0. The van der Waals surface area contributed by atoms with Crippen LogP contribution in [0.2, 0.25) is 0 Å². The maximum absolute atomic E-state index is 9.19. The summed E-state index contributed by atoms with van der Waals surface area (Å²) in [7, 11) is -1.43. The summed E-state index contributed by atoms with van der Waals surface area (Å²) in [6.45, 7) is 9.73. The van der Waals surface area contributed by atoms with Gasteiger partial charge in [-0.2, -0.15) is 8.42 Å². The Hall–Kier alpha value is -0.250. The fourth-order valence-corrected chi connectivity index (χ4v) is 2.59. The van der Waals surface area contributed by atoms with Crippen molar-refractivity contribution in [3.8, 4) is 0 Å². The molecule has 2 atom stereocenters. The monoisotopic (exact) mass is 309 g/mol. The number of piperazine rings is 1. The molecule has 0 radical (unpaired) electrons. The zero-order valence-electron chi connectivity index (χ0n) is 12.6. The molecule has 2 aliphatic heterocycles. The summed E-state index contributed by atoms with van der Waals surface area (Å²) in [6, 6.07) is 1.28. The van der Waals surface area contributed by atoms with Crippen LogP contribution in [-0.4, -0.2) is 94.1 Å². The highest BCUT2D eigenvalue weighted by Gasteiger charge is 2.29. The van der Waals surface area contributed by atoms with Gasteiger partial charge in [0, 0.05) is 44.8 Å². The number of likely N-dealkylation sites (N-methyl/N-ethyl adjacent to an activating group) is 1. The fourth-order valence-electron chi connectivity index (χ4n) is 2.59. The topological polar surface area (TPSA) is 82.1 Å². The number of morpholine rings is 1. The molecule has 2 unspecified atom stereocenters. The molecule has 8 heteroatoms. The highest BCUT2D eigenvalue weighted by atomic mass is 32.2. The molecule has 0 aromatic rings. The van der Waals surface area contributed by atoms with E-state index in [4.69, 9.17) is 9.29 Å². The maximum Gasteiger partial charge on any atom is 0.261 e. The van der Waals surface area contributed by atoms with Gasteiger partial charge in [-0.1, -0.05) is 0 Å². The van der Waals surface area contributed by atoms with Gasteiger partial charge in [0.15, 0.2) is 0 Å². The van der Waals surface area contributed by atoms with E-state index in [1.54, 1.807) is 0 Å². The van der Waals surface area contributed by atoms with Crippen molar-refractivity contribution in [1.29, 1.82) is 0 Å². The summed E-state index contributed by atoms with van der Waals surface area (Å²) in [4.78, 5) is 5.04. The zero-order chi connectivity index (χ0) is 15.2. The zero-order valence-corrected chi connectivity index (χ0v) is 13.4. The highest BCUT2D eigenvalue weighted by molar-refractivity contribution is 7.85. The lowest BCUT2D eigenvalue weighted by Gasteiger charge is -2.43. The molecule has 0 saturated carbocycles. The van der Waals surface area contributed by atoms with E-state index in [2.05, 4.69) is 29.1 Å². The van der Waals surface area contributed by atoms with Crippen LogP contribution in [0, 0.1) is 0 Å². The predicted octanol–water partition coefficient (Wildman–Crippen LogP) is -0.885. The van der Waals surface area contributed by atoms with E-state index >= 15 is 0 Å². The molecule has 0 aliphatic carbocycles. The Bertz CT molecular complexity index is 363. The average molecular weight is 309 g/mol. The molecule has 20 heavy (non-hydrogen) atoms. The van der Waals surface area contributed by atoms with Gasteiger partial charge in [-0.25, -0.2) is 0 Å². The van der Waals surface area contributed by atoms with E-state index in [-0.39, 0.29) is 0 Å². The van der Waals surface area contributed by atoms with Crippen molar-refractivity contribution in [3.63, 3.8) is 0 Å². The number of hydrogen-bond donors (Lipinski definition) is 2. The number of rotatable bonds is 2. The predicted molar refractivity (Wildman–Crippen MR) is 78.6 cm³/mol. The summed E-state index contributed by atoms with van der Waals surface area (Å²) in [6.07, 6.45) is 0.715. The lowest BCUT2D eigenvalue weighted by atomic mass is 10.0. The van der Waals surface area contributed by atoms with Gasteiger partial charge in [0.25, 0.3) is 10.1 Å². The number of hydrogen-bond acceptors (Lipinski definition) is 6. The van der Waals surface area contributed by atoms with E-state index in [1.165, 1.54) is 6.54 Å². The van der Waals surface area contributed by atoms with E-state index in [1.807, 2.05) is 0 Å². The van der Waals surface area contributed by atoms with Crippen molar-refractivity contribution in [2.75, 3.05) is 59.2 Å². The Balaban J connectivity index is 0.000000347. The maximum atomic E-state index is 9.19. The van der Waals surface area contributed by atoms with Crippen LogP contribution >= 0.6 is 0 Å². The van der Waals surface area contributed by atoms with Gasteiger partial charge in [0.1, 0.15) is 0 Å². The minimum absolute atomic E-state index is 0.631. The van der Waals surface area contributed by atoms with Crippen molar-refractivity contribution in [2.45, 2.75) is 19.0 Å². The van der Waals surface area contributed by atoms with Crippen LogP contribution in [0.1, 0.15) is 6.92 Å². The smallest absolute Gasteiger partial charge is 0.261 e. The van der Waals surface area contributed by atoms with Gasteiger partial charge in [0.2, 0.25) is 0 Å². The molecule has 0 bridgehead atoms. The molecule has 2 rings (SSSR count). The molecular formula is C12H27N3O4S. The quantitative estimate of drug-likeness (QED) is 0.641. The molecule has 7 nitrogen and oxygen atoms in total. The second-order valence-corrected chi connectivity index (χ2v) is 6.84. The van der Waals surface area contributed by atoms with Crippen LogP contribution < -0.4 is 5.32 Å². The van der Waals surface area contributed by atoms with Crippen LogP contribution in [0.15, 0.2) is 0 Å². The largest absolute Gasteiger partial charge is 0.379 e. The molecule has 2 saturated heterocycles. The van der Waals surface area contributed by atoms with Crippen LogP contribution in [-0.2, 0) is 14.9 Å². The lowest BCUT2D eigenvalue weighted by Crippen LogP contribution is -2.59. The highest BCUT2D eigenvalue weighted by Crippen LogP contribution is 2.13. The van der Waals surface area contributed by atoms with E-state index in [0.29, 0.717) is 18.3 Å². The van der Waals surface area contributed by atoms with Gasteiger partial charge in [0.05, 0.1) is 19.5 Å². The number of ether oxygens (including phenoxy) is 1. The molecule has 2 fully saturated rings. The third-order valence-electron chi connectivity index (χ3n) is 3.74. The molecule has 2 heterocycles. The Morgan fingerprint density at radius 3 is 2.35 bits per heavy atom. The van der Waals surface area contributed by atoms with Crippen LogP contribution in [0.4, 0.5) is 0 Å². The van der Waals surface area contributed by atoms with Gasteiger partial charge < -0.3 is 10.1 Å². The summed E-state index contributed by atoms with van der Waals surface area (Å²) < 4.78 is 31.3. The first-order valence-electron chi connectivity index (χ1n) is 6.94. The van der Waals surface area contributed by atoms with Crippen molar-refractivity contribution >= 4 is 10.1 Å². The molecule has 2 N–H and O–H groups in total. The Morgan fingerprint density at radius 2 is 1.85 bits per heavy atom. The van der Waals surface area contributed by atoms with Gasteiger partial charge in [-0.3, -0.25) is 14.4 Å². The third kappa shape index (κ3) is 6.96. The van der Waals surface area contributed by atoms with Crippen LogP contribution in [0.5, 0.6) is 0 Å². The Kier molecular flexibility index (Phi) is 7.35. The Labute approximate surface area is 122 Å². The minimum Gasteiger partial charge on any atom is -0.379 e. The van der Waals surface area contributed by atoms with Crippen molar-refractivity contribution < 1.29 is 17.7 Å². The van der Waals surface area contributed by atoms with E-state index in [0.717, 1.165) is 39.4 Å². The third-order valence-corrected chi connectivity index (χ3v) is 3.74. The SMILES string of the molecule is CC(C1CNCCN1C)N1CCOCC1.CS(=O)(=O)O. The minimum atomic E-state index is -3.67. The summed E-state index contributed by atoms with van der Waals surface area (Å²) in [5.74, 6) is 0. The average Bonchev–Trinajstić information content (AvgIpc) is 2.38. The normalized spacial score (nSPS) is 27.5. The number of nitrogens with zero attached hydrogens (tertiary/aromatic N) is 2. The molecule has 0 aromatic carbocycles. The van der Waals surface area contributed by atoms with Gasteiger partial charge in [-0.05, 0) is 14.0 Å². The second-order valence-electron chi connectivity index (χ2n) is 5.37. The van der Waals surface area contributed by atoms with Gasteiger partial charge >= 0.3 is 0 Å². The number of nitrogens with one attached hydrogen (secondary N) is 1. The standard InChI is InChI=1S/C11H23N3O.CH4O3S/c1-10(14-5-7-15-8-6-14)11-9-12-3-4-13(11)2;1-5(2,3)4/h10-12H,3-9H2,1-2H3;1H3,(H,2,3,4). The van der Waals surface area contributed by atoms with E-state index in [9.17, 15) is 8.42 Å².